The van der Waals surface area contributed by atoms with Gasteiger partial charge in [-0.2, -0.15) is 0 Å². The largest absolute Gasteiger partial charge is 0.573 e. The van der Waals surface area contributed by atoms with Gasteiger partial charge in [0, 0.05) is 23.8 Å². The van der Waals surface area contributed by atoms with Crippen LogP contribution in [0.2, 0.25) is 0 Å². The molecule has 0 aliphatic heterocycles. The van der Waals surface area contributed by atoms with Gasteiger partial charge in [0.1, 0.15) is 5.75 Å². The predicted molar refractivity (Wildman–Crippen MR) is 145 cm³/mol. The lowest BCUT2D eigenvalue weighted by atomic mass is 9.97. The number of ether oxygens (including phenoxy) is 1. The number of hydrogen-bond donors (Lipinski definition) is 3. The molecule has 0 bridgehead atoms. The van der Waals surface area contributed by atoms with Crippen molar-refractivity contribution < 1.29 is 32.6 Å². The fraction of sp³-hybridized carbons (Fsp3) is 0.333. The monoisotopic (exact) mass is 542 g/mol. The SMILES string of the molecule is CCCCC[C@@H](Cc1ccc(-c2ccc(OC(F)(F)F)cc2)cc1)Nc1ccc(C(=O)NCCC(=O)O)cc1. The second kappa shape index (κ2) is 14.2. The minimum atomic E-state index is -4.72. The lowest BCUT2D eigenvalue weighted by molar-refractivity contribution is -0.274. The summed E-state index contributed by atoms with van der Waals surface area (Å²) < 4.78 is 41.1. The number of carboxylic acids is 1. The molecule has 6 nitrogen and oxygen atoms in total. The van der Waals surface area contributed by atoms with Crippen LogP contribution in [0.1, 0.15) is 54.9 Å². The summed E-state index contributed by atoms with van der Waals surface area (Å²) in [7, 11) is 0. The van der Waals surface area contributed by atoms with E-state index >= 15 is 0 Å². The number of halogens is 3. The van der Waals surface area contributed by atoms with Crippen LogP contribution >= 0.6 is 0 Å². The molecule has 0 spiro atoms. The number of hydrogen-bond acceptors (Lipinski definition) is 4. The highest BCUT2D eigenvalue weighted by atomic mass is 19.4. The summed E-state index contributed by atoms with van der Waals surface area (Å²) in [6.07, 6.45) is 0.205. The van der Waals surface area contributed by atoms with Gasteiger partial charge in [-0.05, 0) is 65.9 Å². The average molecular weight is 543 g/mol. The van der Waals surface area contributed by atoms with Gasteiger partial charge in [0.15, 0.2) is 0 Å². The highest BCUT2D eigenvalue weighted by molar-refractivity contribution is 5.94. The van der Waals surface area contributed by atoms with Gasteiger partial charge in [-0.3, -0.25) is 9.59 Å². The Kier molecular flexibility index (Phi) is 10.8. The number of unbranched alkanes of at least 4 members (excludes halogenated alkanes) is 2. The first-order chi connectivity index (χ1) is 18.6. The van der Waals surface area contributed by atoms with Crippen LogP contribution in [-0.2, 0) is 11.2 Å². The van der Waals surface area contributed by atoms with Crippen LogP contribution in [-0.4, -0.2) is 35.9 Å². The van der Waals surface area contributed by atoms with Gasteiger partial charge >= 0.3 is 12.3 Å². The van der Waals surface area contributed by atoms with E-state index in [9.17, 15) is 22.8 Å². The molecule has 0 heterocycles. The second-order valence-electron chi connectivity index (χ2n) is 9.29. The van der Waals surface area contributed by atoms with Crippen molar-refractivity contribution in [3.8, 4) is 16.9 Å². The zero-order chi connectivity index (χ0) is 28.3. The molecule has 1 amide bonds. The first kappa shape index (κ1) is 29.5. The zero-order valence-corrected chi connectivity index (χ0v) is 21.8. The fourth-order valence-electron chi connectivity index (χ4n) is 4.17. The lowest BCUT2D eigenvalue weighted by Crippen LogP contribution is -2.26. The lowest BCUT2D eigenvalue weighted by Gasteiger charge is -2.21. The number of benzene rings is 3. The smallest absolute Gasteiger partial charge is 0.481 e. The maximum Gasteiger partial charge on any atom is 0.573 e. The molecule has 0 aliphatic carbocycles. The van der Waals surface area contributed by atoms with Crippen LogP contribution < -0.4 is 15.4 Å². The van der Waals surface area contributed by atoms with Crippen LogP contribution in [0.3, 0.4) is 0 Å². The van der Waals surface area contributed by atoms with E-state index in [-0.39, 0.29) is 30.7 Å². The second-order valence-corrected chi connectivity index (χ2v) is 9.29. The molecule has 0 unspecified atom stereocenters. The predicted octanol–water partition coefficient (Wildman–Crippen LogP) is 7.06. The normalized spacial score (nSPS) is 12.0. The summed E-state index contributed by atoms with van der Waals surface area (Å²) >= 11 is 0. The molecule has 0 saturated heterocycles. The van der Waals surface area contributed by atoms with Gasteiger partial charge in [0.25, 0.3) is 5.91 Å². The van der Waals surface area contributed by atoms with E-state index in [2.05, 4.69) is 22.3 Å². The maximum atomic E-state index is 12.4. The van der Waals surface area contributed by atoms with Crippen molar-refractivity contribution in [1.82, 2.24) is 5.32 Å². The van der Waals surface area contributed by atoms with Crippen LogP contribution in [0, 0.1) is 0 Å². The maximum absolute atomic E-state index is 12.4. The molecule has 3 rings (SSSR count). The summed E-state index contributed by atoms with van der Waals surface area (Å²) in [5, 5.41) is 14.9. The van der Waals surface area contributed by atoms with Gasteiger partial charge in [-0.15, -0.1) is 13.2 Å². The molecule has 1 atom stereocenters. The first-order valence-corrected chi connectivity index (χ1v) is 12.9. The number of anilines is 1. The van der Waals surface area contributed by atoms with E-state index in [1.165, 1.54) is 12.1 Å². The molecular weight excluding hydrogens is 509 g/mol. The van der Waals surface area contributed by atoms with Crippen molar-refractivity contribution in [2.24, 2.45) is 0 Å². The molecule has 0 fully saturated rings. The molecule has 3 aromatic rings. The Morgan fingerprint density at radius 1 is 0.897 bits per heavy atom. The summed E-state index contributed by atoms with van der Waals surface area (Å²) in [5.74, 6) is -1.53. The van der Waals surface area contributed by atoms with Crippen molar-refractivity contribution in [3.05, 3.63) is 83.9 Å². The van der Waals surface area contributed by atoms with E-state index in [1.54, 1.807) is 24.3 Å². The first-order valence-electron chi connectivity index (χ1n) is 12.9. The van der Waals surface area contributed by atoms with Crippen molar-refractivity contribution in [1.29, 1.82) is 0 Å². The number of aliphatic carboxylic acids is 1. The summed E-state index contributed by atoms with van der Waals surface area (Å²) in [5.41, 5.74) is 4.16. The number of carbonyl (C=O) groups is 2. The third kappa shape index (κ3) is 10.3. The van der Waals surface area contributed by atoms with Crippen LogP contribution in [0.15, 0.2) is 72.8 Å². The zero-order valence-electron chi connectivity index (χ0n) is 21.8. The Hall–Kier alpha value is -4.01. The number of rotatable bonds is 14. The number of carboxylic acid groups (broad SMARTS) is 1. The minimum absolute atomic E-state index is 0.0737. The standard InChI is InChI=1S/C30H33F3N2O4/c1-2-3-4-5-26(35-25-14-10-24(11-15-25)29(38)34-19-18-28(36)37)20-21-6-8-22(9-7-21)23-12-16-27(17-13-23)39-30(31,32)33/h6-17,26,35H,2-5,18-20H2,1H3,(H,34,38)(H,36,37)/t26-/m0/s1. The van der Waals surface area contributed by atoms with E-state index < -0.39 is 12.3 Å². The highest BCUT2D eigenvalue weighted by Gasteiger charge is 2.31. The summed E-state index contributed by atoms with van der Waals surface area (Å²) in [6, 6.07) is 21.0. The molecule has 3 N–H and O–H groups in total. The third-order valence-corrected chi connectivity index (χ3v) is 6.16. The summed E-state index contributed by atoms with van der Waals surface area (Å²) in [4.78, 5) is 22.8. The van der Waals surface area contributed by atoms with Gasteiger partial charge in [0.2, 0.25) is 0 Å². The topological polar surface area (TPSA) is 87.7 Å². The summed E-state index contributed by atoms with van der Waals surface area (Å²) in [6.45, 7) is 2.23. The molecule has 9 heteroatoms. The number of nitrogens with one attached hydrogen (secondary N) is 2. The number of alkyl halides is 3. The van der Waals surface area contributed by atoms with Crippen LogP contribution in [0.4, 0.5) is 18.9 Å². The minimum Gasteiger partial charge on any atom is -0.481 e. The van der Waals surface area contributed by atoms with Crippen LogP contribution in [0.5, 0.6) is 5.75 Å². The van der Waals surface area contributed by atoms with Gasteiger partial charge in [0.05, 0.1) is 6.42 Å². The quantitative estimate of drug-likeness (QED) is 0.190. The Balaban J connectivity index is 1.62. The highest BCUT2D eigenvalue weighted by Crippen LogP contribution is 2.27. The molecule has 0 aliphatic rings. The Labute approximate surface area is 226 Å². The third-order valence-electron chi connectivity index (χ3n) is 6.16. The van der Waals surface area contributed by atoms with Gasteiger partial charge < -0.3 is 20.5 Å². The van der Waals surface area contributed by atoms with Crippen molar-refractivity contribution >= 4 is 17.6 Å². The molecular formula is C30H33F3N2O4. The Bertz CT molecular complexity index is 1190. The van der Waals surface area contributed by atoms with Gasteiger partial charge in [-0.1, -0.05) is 62.6 Å². The van der Waals surface area contributed by atoms with E-state index in [0.717, 1.165) is 54.5 Å². The molecule has 0 radical (unpaired) electrons. The molecule has 208 valence electrons. The van der Waals surface area contributed by atoms with E-state index in [0.29, 0.717) is 5.56 Å². The fourth-order valence-corrected chi connectivity index (χ4v) is 4.17. The molecule has 0 saturated carbocycles. The molecule has 39 heavy (non-hydrogen) atoms. The van der Waals surface area contributed by atoms with Crippen molar-refractivity contribution in [2.45, 2.75) is 57.9 Å². The van der Waals surface area contributed by atoms with Crippen LogP contribution in [0.25, 0.3) is 11.1 Å². The Morgan fingerprint density at radius 3 is 2.08 bits per heavy atom. The van der Waals surface area contributed by atoms with Crippen molar-refractivity contribution in [2.75, 3.05) is 11.9 Å². The Morgan fingerprint density at radius 2 is 1.51 bits per heavy atom. The molecule has 0 aromatic heterocycles. The van der Waals surface area contributed by atoms with Gasteiger partial charge in [-0.25, -0.2) is 0 Å². The number of carbonyl (C=O) groups excluding carboxylic acids is 1. The van der Waals surface area contributed by atoms with E-state index in [4.69, 9.17) is 5.11 Å². The van der Waals surface area contributed by atoms with E-state index in [1.807, 2.05) is 36.4 Å². The van der Waals surface area contributed by atoms with Crippen molar-refractivity contribution in [3.63, 3.8) is 0 Å². The number of amides is 1. The average Bonchev–Trinajstić information content (AvgIpc) is 2.89. The molecule has 3 aromatic carbocycles.